The van der Waals surface area contributed by atoms with Gasteiger partial charge in [-0.1, -0.05) is 0 Å². The third-order valence-corrected chi connectivity index (χ3v) is 6.50. The van der Waals surface area contributed by atoms with Gasteiger partial charge in [-0.25, -0.2) is 9.97 Å². The van der Waals surface area contributed by atoms with Crippen LogP contribution < -0.4 is 4.90 Å². The highest BCUT2D eigenvalue weighted by Gasteiger charge is 2.30. The highest BCUT2D eigenvalue weighted by atomic mass is 35.5. The number of anilines is 1. The normalized spacial score (nSPS) is 18.2. The Morgan fingerprint density at radius 3 is 2.56 bits per heavy atom. The molecule has 0 radical (unpaired) electrons. The van der Waals surface area contributed by atoms with E-state index in [4.69, 9.17) is 21.6 Å². The lowest BCUT2D eigenvalue weighted by atomic mass is 10.2. The Hall–Kier alpha value is -1.40. The smallest absolute Gasteiger partial charge is 0.223 e. The minimum atomic E-state index is 0.156. The summed E-state index contributed by atoms with van der Waals surface area (Å²) >= 11 is 7.48. The number of hydrogen-bond donors (Lipinski definition) is 0. The second kappa shape index (κ2) is 6.72. The summed E-state index contributed by atoms with van der Waals surface area (Å²) in [7, 11) is 0. The van der Waals surface area contributed by atoms with Crippen LogP contribution in [0, 0.1) is 13.8 Å². The van der Waals surface area contributed by atoms with Crippen LogP contribution in [0.15, 0.2) is 0 Å². The Bertz CT molecular complexity index is 809. The molecule has 0 unspecified atom stereocenters. The van der Waals surface area contributed by atoms with Crippen LogP contribution in [0.1, 0.15) is 41.4 Å². The van der Waals surface area contributed by atoms with Crippen LogP contribution in [0.25, 0.3) is 10.2 Å². The molecule has 7 heteroatoms. The van der Waals surface area contributed by atoms with Gasteiger partial charge in [0.15, 0.2) is 0 Å². The average molecular weight is 379 g/mol. The van der Waals surface area contributed by atoms with Gasteiger partial charge in [0.25, 0.3) is 0 Å². The fraction of sp³-hybridized carbons (Fsp3) is 0.611. The Labute approximate surface area is 157 Å². The van der Waals surface area contributed by atoms with Crippen molar-refractivity contribution in [2.24, 2.45) is 0 Å². The second-order valence-electron chi connectivity index (χ2n) is 6.95. The summed E-state index contributed by atoms with van der Waals surface area (Å²) in [5.74, 6) is 3.16. The van der Waals surface area contributed by atoms with E-state index in [-0.39, 0.29) is 5.91 Å². The predicted molar refractivity (Wildman–Crippen MR) is 103 cm³/mol. The number of thiophene rings is 1. The molecule has 1 aliphatic carbocycles. The number of amides is 1. The van der Waals surface area contributed by atoms with Crippen LogP contribution in [0.4, 0.5) is 5.82 Å². The number of fused-ring (bicyclic) bond motifs is 1. The maximum atomic E-state index is 12.1. The fourth-order valence-electron chi connectivity index (χ4n) is 3.40. The number of nitrogens with zero attached hydrogens (tertiary/aromatic N) is 4. The number of aromatic nitrogens is 2. The van der Waals surface area contributed by atoms with Gasteiger partial charge in [0.1, 0.15) is 16.5 Å². The lowest BCUT2D eigenvalue weighted by molar-refractivity contribution is -0.131. The quantitative estimate of drug-likeness (QED) is 0.764. The molecule has 2 aliphatic rings. The Morgan fingerprint density at radius 2 is 1.92 bits per heavy atom. The molecule has 4 rings (SSSR count). The summed E-state index contributed by atoms with van der Waals surface area (Å²) in [5.41, 5.74) is 1.29. The van der Waals surface area contributed by atoms with E-state index >= 15 is 0 Å². The fourth-order valence-corrected chi connectivity index (χ4v) is 4.60. The number of hydrogen-bond acceptors (Lipinski definition) is 5. The molecule has 1 saturated carbocycles. The van der Waals surface area contributed by atoms with Crippen LogP contribution in [0.2, 0.25) is 0 Å². The zero-order chi connectivity index (χ0) is 17.6. The molecular weight excluding hydrogens is 356 g/mol. The van der Waals surface area contributed by atoms with Crippen molar-refractivity contribution in [2.45, 2.75) is 39.0 Å². The largest absolute Gasteiger partial charge is 0.352 e. The van der Waals surface area contributed by atoms with Gasteiger partial charge < -0.3 is 9.80 Å². The minimum Gasteiger partial charge on any atom is -0.352 e. The van der Waals surface area contributed by atoms with Crippen molar-refractivity contribution in [3.05, 3.63) is 16.3 Å². The molecule has 0 N–H and O–H groups in total. The van der Waals surface area contributed by atoms with Crippen LogP contribution in [-0.2, 0) is 4.79 Å². The third-order valence-electron chi connectivity index (χ3n) is 5.21. The van der Waals surface area contributed by atoms with E-state index in [1.54, 1.807) is 11.3 Å². The van der Waals surface area contributed by atoms with Gasteiger partial charge in [0.2, 0.25) is 5.91 Å². The number of rotatable bonds is 4. The van der Waals surface area contributed by atoms with Crippen molar-refractivity contribution in [1.82, 2.24) is 14.9 Å². The molecule has 1 aliphatic heterocycles. The summed E-state index contributed by atoms with van der Waals surface area (Å²) in [5, 5.41) is 1.20. The van der Waals surface area contributed by atoms with Crippen LogP contribution >= 0.6 is 22.9 Å². The Kier molecular flexibility index (Phi) is 4.58. The van der Waals surface area contributed by atoms with Gasteiger partial charge >= 0.3 is 0 Å². The molecule has 0 spiro atoms. The first-order chi connectivity index (χ1) is 12.1. The molecule has 1 amide bonds. The van der Waals surface area contributed by atoms with Crippen LogP contribution in [0.5, 0.6) is 0 Å². The standard InChI is InChI=1S/C18H23ClN4OS/c1-11-12(2)25-18-15(11)17(20-16(21-18)13-3-4-13)23-9-7-22(8-10-23)14(24)5-6-19/h13H,3-10H2,1-2H3. The lowest BCUT2D eigenvalue weighted by Crippen LogP contribution is -2.49. The highest BCUT2D eigenvalue weighted by molar-refractivity contribution is 7.18. The van der Waals surface area contributed by atoms with Gasteiger partial charge in [0.05, 0.1) is 5.39 Å². The maximum absolute atomic E-state index is 12.1. The highest BCUT2D eigenvalue weighted by Crippen LogP contribution is 2.42. The van der Waals surface area contributed by atoms with Gasteiger partial charge in [0, 0.05) is 49.3 Å². The van der Waals surface area contributed by atoms with E-state index in [9.17, 15) is 4.79 Å². The van der Waals surface area contributed by atoms with Crippen molar-refractivity contribution in [2.75, 3.05) is 37.0 Å². The van der Waals surface area contributed by atoms with Crippen molar-refractivity contribution >= 4 is 44.9 Å². The molecule has 3 heterocycles. The van der Waals surface area contributed by atoms with Gasteiger partial charge in [-0.3, -0.25) is 4.79 Å². The van der Waals surface area contributed by atoms with Gasteiger partial charge in [-0.15, -0.1) is 22.9 Å². The number of piperazine rings is 1. The van der Waals surface area contributed by atoms with E-state index in [2.05, 4.69) is 18.7 Å². The van der Waals surface area contributed by atoms with E-state index < -0.39 is 0 Å². The first kappa shape index (κ1) is 17.0. The van der Waals surface area contributed by atoms with Crippen molar-refractivity contribution in [1.29, 1.82) is 0 Å². The average Bonchev–Trinajstić information content (AvgIpc) is 3.42. The van der Waals surface area contributed by atoms with Crippen molar-refractivity contribution in [3.8, 4) is 0 Å². The summed E-state index contributed by atoms with van der Waals surface area (Å²) < 4.78 is 0. The summed E-state index contributed by atoms with van der Waals surface area (Å²) in [6.07, 6.45) is 2.83. The van der Waals surface area contributed by atoms with Crippen LogP contribution in [0.3, 0.4) is 0 Å². The SMILES string of the molecule is Cc1sc2nc(C3CC3)nc(N3CCN(C(=O)CCCl)CC3)c2c1C. The maximum Gasteiger partial charge on any atom is 0.223 e. The molecule has 2 fully saturated rings. The zero-order valence-electron chi connectivity index (χ0n) is 14.7. The molecule has 5 nitrogen and oxygen atoms in total. The van der Waals surface area contributed by atoms with Crippen molar-refractivity contribution in [3.63, 3.8) is 0 Å². The predicted octanol–water partition coefficient (Wildman–Crippen LogP) is 3.46. The summed E-state index contributed by atoms with van der Waals surface area (Å²) in [6, 6.07) is 0. The molecule has 1 saturated heterocycles. The molecule has 0 atom stereocenters. The van der Waals surface area contributed by atoms with E-state index in [1.807, 2.05) is 4.90 Å². The molecule has 0 bridgehead atoms. The lowest BCUT2D eigenvalue weighted by Gasteiger charge is -2.36. The summed E-state index contributed by atoms with van der Waals surface area (Å²) in [4.78, 5) is 28.6. The number of aryl methyl sites for hydroxylation is 2. The molecule has 25 heavy (non-hydrogen) atoms. The number of carbonyl (C=O) groups excluding carboxylic acids is 1. The number of halogens is 1. The monoisotopic (exact) mass is 378 g/mol. The third kappa shape index (κ3) is 3.22. The topological polar surface area (TPSA) is 49.3 Å². The first-order valence-electron chi connectivity index (χ1n) is 8.94. The van der Waals surface area contributed by atoms with Gasteiger partial charge in [-0.2, -0.15) is 0 Å². The zero-order valence-corrected chi connectivity index (χ0v) is 16.3. The minimum absolute atomic E-state index is 0.156. The molecule has 2 aromatic heterocycles. The molecule has 134 valence electrons. The second-order valence-corrected chi connectivity index (χ2v) is 8.53. The van der Waals surface area contributed by atoms with Gasteiger partial charge in [-0.05, 0) is 32.3 Å². The molecule has 0 aromatic carbocycles. The number of carbonyl (C=O) groups is 1. The van der Waals surface area contributed by atoms with Crippen molar-refractivity contribution < 1.29 is 4.79 Å². The number of alkyl halides is 1. The first-order valence-corrected chi connectivity index (χ1v) is 10.3. The Balaban J connectivity index is 1.63. The molecular formula is C18H23ClN4OS. The van der Waals surface area contributed by atoms with E-state index in [0.717, 1.165) is 42.7 Å². The Morgan fingerprint density at radius 1 is 1.20 bits per heavy atom. The molecule has 2 aromatic rings. The summed E-state index contributed by atoms with van der Waals surface area (Å²) in [6.45, 7) is 7.44. The van der Waals surface area contributed by atoms with Crippen LogP contribution in [-0.4, -0.2) is 52.8 Å². The van der Waals surface area contributed by atoms with E-state index in [1.165, 1.54) is 28.7 Å². The van der Waals surface area contributed by atoms with E-state index in [0.29, 0.717) is 18.2 Å².